The molecular formula is C6H11N3S. The first kappa shape index (κ1) is 7.47. The van der Waals surface area contributed by atoms with E-state index in [0.717, 1.165) is 0 Å². The Morgan fingerprint density at radius 1 is 1.80 bits per heavy atom. The highest BCUT2D eigenvalue weighted by molar-refractivity contribution is 7.99. The summed E-state index contributed by atoms with van der Waals surface area (Å²) in [6.45, 7) is 1.98. The van der Waals surface area contributed by atoms with Crippen LogP contribution in [0.2, 0.25) is 0 Å². The van der Waals surface area contributed by atoms with Gasteiger partial charge in [-0.15, -0.1) is 11.8 Å². The van der Waals surface area contributed by atoms with Crippen LogP contribution >= 0.6 is 11.8 Å². The van der Waals surface area contributed by atoms with E-state index in [-0.39, 0.29) is 4.99 Å². The Morgan fingerprint density at radius 3 is 2.90 bits per heavy atom. The molecule has 0 aliphatic carbocycles. The van der Waals surface area contributed by atoms with Crippen molar-refractivity contribution in [2.75, 3.05) is 6.26 Å². The lowest BCUT2D eigenvalue weighted by atomic mass is 10.4. The van der Waals surface area contributed by atoms with E-state index in [0.29, 0.717) is 5.84 Å². The van der Waals surface area contributed by atoms with E-state index < -0.39 is 0 Å². The van der Waals surface area contributed by atoms with Crippen molar-refractivity contribution in [2.45, 2.75) is 11.9 Å². The van der Waals surface area contributed by atoms with Crippen LogP contribution in [-0.4, -0.2) is 17.1 Å². The summed E-state index contributed by atoms with van der Waals surface area (Å²) in [7, 11) is 0. The Morgan fingerprint density at radius 2 is 2.50 bits per heavy atom. The molecule has 56 valence electrons. The van der Waals surface area contributed by atoms with Crippen molar-refractivity contribution in [3.63, 3.8) is 0 Å². The third-order valence-electron chi connectivity index (χ3n) is 1.35. The van der Waals surface area contributed by atoms with Crippen LogP contribution in [-0.2, 0) is 0 Å². The Kier molecular flexibility index (Phi) is 1.89. The summed E-state index contributed by atoms with van der Waals surface area (Å²) >= 11 is 1.62. The van der Waals surface area contributed by atoms with Gasteiger partial charge >= 0.3 is 0 Å². The Labute approximate surface area is 64.8 Å². The summed E-state index contributed by atoms with van der Waals surface area (Å²) < 4.78 is 0. The van der Waals surface area contributed by atoms with Gasteiger partial charge in [-0.1, -0.05) is 0 Å². The highest BCUT2D eigenvalue weighted by Crippen LogP contribution is 2.21. The van der Waals surface area contributed by atoms with Gasteiger partial charge < -0.3 is 11.1 Å². The van der Waals surface area contributed by atoms with E-state index in [9.17, 15) is 0 Å². The normalized spacial score (nSPS) is 31.2. The summed E-state index contributed by atoms with van der Waals surface area (Å²) in [6, 6.07) is 0. The quantitative estimate of drug-likeness (QED) is 0.582. The van der Waals surface area contributed by atoms with Crippen LogP contribution in [0.25, 0.3) is 0 Å². The van der Waals surface area contributed by atoms with Crippen LogP contribution in [0.5, 0.6) is 0 Å². The second-order valence-corrected chi connectivity index (χ2v) is 3.40. The second-order valence-electron chi connectivity index (χ2n) is 2.20. The molecule has 4 heteroatoms. The number of thioether (sulfide) groups is 1. The van der Waals surface area contributed by atoms with Gasteiger partial charge in [0, 0.05) is 6.20 Å². The van der Waals surface area contributed by atoms with E-state index in [4.69, 9.17) is 5.73 Å². The predicted octanol–water partition coefficient (Wildman–Crippen LogP) is 0.497. The fourth-order valence-corrected chi connectivity index (χ4v) is 1.08. The van der Waals surface area contributed by atoms with E-state index >= 15 is 0 Å². The summed E-state index contributed by atoms with van der Waals surface area (Å²) in [5.41, 5.74) is 5.50. The molecule has 1 heterocycles. The summed E-state index contributed by atoms with van der Waals surface area (Å²) in [6.07, 6.45) is 5.56. The van der Waals surface area contributed by atoms with Crippen molar-refractivity contribution < 1.29 is 0 Å². The van der Waals surface area contributed by atoms with Gasteiger partial charge in [0.25, 0.3) is 0 Å². The second kappa shape index (κ2) is 2.54. The summed E-state index contributed by atoms with van der Waals surface area (Å²) in [5, 5.41) is 3.09. The Hall–Kier alpha value is -0.640. The molecule has 0 aromatic heterocycles. The predicted molar refractivity (Wildman–Crippen MR) is 45.8 cm³/mol. The zero-order valence-corrected chi connectivity index (χ0v) is 6.90. The average molecular weight is 157 g/mol. The first-order valence-corrected chi connectivity index (χ1v) is 4.23. The van der Waals surface area contributed by atoms with E-state index in [1.165, 1.54) is 0 Å². The lowest BCUT2D eigenvalue weighted by molar-refractivity contribution is 0.605. The van der Waals surface area contributed by atoms with Crippen molar-refractivity contribution in [1.82, 2.24) is 5.32 Å². The number of nitrogens with two attached hydrogens (primary N) is 1. The molecule has 3 nitrogen and oxygen atoms in total. The minimum Gasteiger partial charge on any atom is -0.384 e. The van der Waals surface area contributed by atoms with Gasteiger partial charge in [0.2, 0.25) is 0 Å². The molecule has 0 aromatic carbocycles. The highest BCUT2D eigenvalue weighted by atomic mass is 32.2. The van der Waals surface area contributed by atoms with Gasteiger partial charge in [0.15, 0.2) is 4.99 Å². The van der Waals surface area contributed by atoms with E-state index in [1.54, 1.807) is 17.8 Å². The number of hydrogen-bond donors (Lipinski definition) is 2. The molecule has 0 aromatic rings. The first-order valence-electron chi connectivity index (χ1n) is 3.01. The third-order valence-corrected chi connectivity index (χ3v) is 2.35. The van der Waals surface area contributed by atoms with Crippen LogP contribution < -0.4 is 11.1 Å². The van der Waals surface area contributed by atoms with Gasteiger partial charge in [-0.2, -0.15) is 0 Å². The highest BCUT2D eigenvalue weighted by Gasteiger charge is 2.21. The fraction of sp³-hybridized carbons (Fsp3) is 0.500. The van der Waals surface area contributed by atoms with Gasteiger partial charge in [-0.05, 0) is 19.3 Å². The maximum atomic E-state index is 5.50. The molecule has 0 spiro atoms. The summed E-state index contributed by atoms with van der Waals surface area (Å²) in [4.78, 5) is 3.93. The average Bonchev–Trinajstić information content (AvgIpc) is 1.88. The monoisotopic (exact) mass is 157 g/mol. The van der Waals surface area contributed by atoms with Crippen molar-refractivity contribution in [3.8, 4) is 0 Å². The number of hydrogen-bond acceptors (Lipinski definition) is 4. The first-order chi connectivity index (χ1) is 4.66. The molecule has 1 atom stereocenters. The van der Waals surface area contributed by atoms with Gasteiger partial charge in [-0.25, -0.2) is 4.99 Å². The SMILES string of the molecule is CSC1(C)N=C(N)C=CN1. The standard InChI is InChI=1S/C6H11N3S/c1-6(10-2)8-4-3-5(7)9-6/h3-4,8H,1-2H3,(H2,7,9). The Balaban J connectivity index is 2.76. The fourth-order valence-electron chi connectivity index (χ4n) is 0.702. The topological polar surface area (TPSA) is 50.4 Å². The molecule has 1 aliphatic heterocycles. The molecule has 0 radical (unpaired) electrons. The number of amidine groups is 1. The van der Waals surface area contributed by atoms with Crippen LogP contribution in [0, 0.1) is 0 Å². The van der Waals surface area contributed by atoms with Crippen molar-refractivity contribution >= 4 is 17.6 Å². The van der Waals surface area contributed by atoms with Crippen molar-refractivity contribution in [3.05, 3.63) is 12.3 Å². The van der Waals surface area contributed by atoms with E-state index in [1.807, 2.05) is 19.4 Å². The lowest BCUT2D eigenvalue weighted by Gasteiger charge is -2.26. The molecule has 1 unspecified atom stereocenters. The molecule has 1 aliphatic rings. The maximum Gasteiger partial charge on any atom is 0.176 e. The number of rotatable bonds is 1. The zero-order chi connectivity index (χ0) is 7.61. The molecule has 0 saturated carbocycles. The van der Waals surface area contributed by atoms with Crippen LogP contribution in [0.1, 0.15) is 6.92 Å². The van der Waals surface area contributed by atoms with Crippen LogP contribution in [0.3, 0.4) is 0 Å². The van der Waals surface area contributed by atoms with Gasteiger partial charge in [0.1, 0.15) is 5.84 Å². The Bertz CT molecular complexity index is 187. The third kappa shape index (κ3) is 1.44. The number of nitrogens with one attached hydrogen (secondary N) is 1. The lowest BCUT2D eigenvalue weighted by Crippen LogP contribution is -2.38. The smallest absolute Gasteiger partial charge is 0.176 e. The van der Waals surface area contributed by atoms with Crippen LogP contribution in [0.4, 0.5) is 0 Å². The van der Waals surface area contributed by atoms with Crippen molar-refractivity contribution in [1.29, 1.82) is 0 Å². The molecule has 0 fully saturated rings. The molecule has 0 amide bonds. The molecule has 1 rings (SSSR count). The minimum absolute atomic E-state index is 0.265. The molecule has 0 bridgehead atoms. The largest absolute Gasteiger partial charge is 0.384 e. The molecule has 10 heavy (non-hydrogen) atoms. The number of aliphatic imine (C=N–C) groups is 1. The van der Waals surface area contributed by atoms with Crippen molar-refractivity contribution in [2.24, 2.45) is 10.7 Å². The minimum atomic E-state index is -0.265. The van der Waals surface area contributed by atoms with Gasteiger partial charge in [-0.3, -0.25) is 0 Å². The summed E-state index contributed by atoms with van der Waals surface area (Å²) in [5.74, 6) is 0.579. The van der Waals surface area contributed by atoms with Gasteiger partial charge in [0.05, 0.1) is 0 Å². The molecule has 0 saturated heterocycles. The van der Waals surface area contributed by atoms with E-state index in [2.05, 4.69) is 10.3 Å². The molecular weight excluding hydrogens is 146 g/mol. The molecule has 3 N–H and O–H groups in total. The maximum absolute atomic E-state index is 5.50. The zero-order valence-electron chi connectivity index (χ0n) is 6.09. The van der Waals surface area contributed by atoms with Crippen LogP contribution in [0.15, 0.2) is 17.3 Å². The number of nitrogens with zero attached hydrogens (tertiary/aromatic N) is 1.